The Morgan fingerprint density at radius 1 is 1.30 bits per heavy atom. The van der Waals surface area contributed by atoms with Gasteiger partial charge in [-0.25, -0.2) is 0 Å². The van der Waals surface area contributed by atoms with Crippen molar-refractivity contribution in [2.45, 2.75) is 31.8 Å². The van der Waals surface area contributed by atoms with E-state index in [1.807, 2.05) is 0 Å². The molecule has 2 heterocycles. The van der Waals surface area contributed by atoms with Gasteiger partial charge in [0.05, 0.1) is 12.7 Å². The number of rotatable bonds is 9. The fourth-order valence-corrected chi connectivity index (χ4v) is 3.25. The van der Waals surface area contributed by atoms with Crippen molar-refractivity contribution in [1.29, 1.82) is 0 Å². The number of halogens is 1. The molecule has 1 atom stereocenters. The normalized spacial score (nSPS) is 17.1. The monoisotopic (exact) mass is 486 g/mol. The molecule has 0 radical (unpaired) electrons. The minimum Gasteiger partial charge on any atom is -0.379 e. The van der Waals surface area contributed by atoms with Crippen molar-refractivity contribution < 1.29 is 9.47 Å². The molecule has 2 aromatic rings. The maximum atomic E-state index is 5.68. The van der Waals surface area contributed by atoms with E-state index in [-0.39, 0.29) is 24.0 Å². The van der Waals surface area contributed by atoms with Crippen LogP contribution in [0.15, 0.2) is 35.5 Å². The Kier molecular flexibility index (Phi) is 9.93. The van der Waals surface area contributed by atoms with Crippen molar-refractivity contribution in [3.63, 3.8) is 0 Å². The fraction of sp³-hybridized carbons (Fsp3) is 0.550. The minimum atomic E-state index is 0. The average Bonchev–Trinajstić information content (AvgIpc) is 3.33. The van der Waals surface area contributed by atoms with Gasteiger partial charge in [-0.3, -0.25) is 4.99 Å². The highest BCUT2D eigenvalue weighted by Crippen LogP contribution is 2.17. The van der Waals surface area contributed by atoms with Crippen LogP contribution in [0.3, 0.4) is 0 Å². The van der Waals surface area contributed by atoms with Crippen LogP contribution in [0.1, 0.15) is 24.8 Å². The second-order valence-corrected chi connectivity index (χ2v) is 6.60. The Hall–Kier alpha value is -1.32. The van der Waals surface area contributed by atoms with E-state index in [4.69, 9.17) is 9.47 Å². The molecule has 150 valence electrons. The molecule has 0 spiro atoms. The molecule has 1 saturated heterocycles. The number of guanidine groups is 1. The highest BCUT2D eigenvalue weighted by molar-refractivity contribution is 14.0. The number of nitrogens with one attached hydrogen (secondary N) is 3. The van der Waals surface area contributed by atoms with Gasteiger partial charge in [0.2, 0.25) is 0 Å². The number of fused-ring (bicyclic) bond motifs is 1. The Labute approximate surface area is 178 Å². The lowest BCUT2D eigenvalue weighted by Crippen LogP contribution is -2.39. The number of hydrogen-bond acceptors (Lipinski definition) is 3. The van der Waals surface area contributed by atoms with Gasteiger partial charge in [-0.2, -0.15) is 0 Å². The van der Waals surface area contributed by atoms with Crippen molar-refractivity contribution >= 4 is 40.8 Å². The van der Waals surface area contributed by atoms with Gasteiger partial charge in [0, 0.05) is 50.5 Å². The molecule has 7 heteroatoms. The first-order valence-electron chi connectivity index (χ1n) is 9.55. The second kappa shape index (κ2) is 12.2. The van der Waals surface area contributed by atoms with E-state index in [0.29, 0.717) is 6.10 Å². The predicted octanol–water partition coefficient (Wildman–Crippen LogP) is 3.08. The van der Waals surface area contributed by atoms with E-state index in [1.54, 1.807) is 7.05 Å². The van der Waals surface area contributed by atoms with Gasteiger partial charge in [-0.05, 0) is 37.3 Å². The zero-order valence-electron chi connectivity index (χ0n) is 16.0. The molecule has 27 heavy (non-hydrogen) atoms. The number of H-pyrrole nitrogens is 1. The third kappa shape index (κ3) is 6.97. The van der Waals surface area contributed by atoms with Crippen molar-refractivity contribution in [2.75, 3.05) is 40.0 Å². The summed E-state index contributed by atoms with van der Waals surface area (Å²) in [7, 11) is 1.80. The molecule has 0 saturated carbocycles. The summed E-state index contributed by atoms with van der Waals surface area (Å²) in [6.07, 6.45) is 6.60. The van der Waals surface area contributed by atoms with Gasteiger partial charge >= 0.3 is 0 Å². The van der Waals surface area contributed by atoms with Crippen LogP contribution in [-0.4, -0.2) is 57.0 Å². The number of hydrogen-bond donors (Lipinski definition) is 3. The van der Waals surface area contributed by atoms with E-state index < -0.39 is 0 Å². The standard InChI is InChI=1S/C20H30N4O2.HI/c1-21-20(22-10-5-12-25-15-17-6-4-13-26-17)23-11-9-16-14-24-19-8-3-2-7-18(16)19;/h2-3,7-8,14,17,24H,4-6,9-13,15H2,1H3,(H2,21,22,23);1H. The molecular weight excluding hydrogens is 455 g/mol. The van der Waals surface area contributed by atoms with E-state index in [9.17, 15) is 0 Å². The van der Waals surface area contributed by atoms with Crippen molar-refractivity contribution in [1.82, 2.24) is 15.6 Å². The van der Waals surface area contributed by atoms with Crippen LogP contribution in [0.25, 0.3) is 10.9 Å². The highest BCUT2D eigenvalue weighted by atomic mass is 127. The van der Waals surface area contributed by atoms with E-state index in [1.165, 1.54) is 16.5 Å². The molecule has 1 aromatic carbocycles. The maximum absolute atomic E-state index is 5.68. The zero-order chi connectivity index (χ0) is 18.0. The topological polar surface area (TPSA) is 70.7 Å². The SMILES string of the molecule is CN=C(NCCCOCC1CCCO1)NCCc1c[nH]c2ccccc12.I. The molecule has 0 amide bonds. The number of aliphatic imine (C=N–C) groups is 1. The smallest absolute Gasteiger partial charge is 0.190 e. The lowest BCUT2D eigenvalue weighted by Gasteiger charge is -2.13. The van der Waals surface area contributed by atoms with Crippen molar-refractivity contribution in [3.05, 3.63) is 36.0 Å². The quantitative estimate of drug-likeness (QED) is 0.221. The third-order valence-corrected chi connectivity index (χ3v) is 4.67. The number of aromatic amines is 1. The van der Waals surface area contributed by atoms with E-state index in [0.717, 1.165) is 64.6 Å². The molecule has 3 N–H and O–H groups in total. The van der Waals surface area contributed by atoms with Gasteiger partial charge in [-0.15, -0.1) is 24.0 Å². The average molecular weight is 486 g/mol. The summed E-state index contributed by atoms with van der Waals surface area (Å²) in [5.41, 5.74) is 2.51. The molecule has 0 aliphatic carbocycles. The lowest BCUT2D eigenvalue weighted by atomic mass is 10.1. The molecule has 1 unspecified atom stereocenters. The summed E-state index contributed by atoms with van der Waals surface area (Å²) in [6, 6.07) is 8.39. The molecular formula is C20H31IN4O2. The van der Waals surface area contributed by atoms with Crippen LogP contribution < -0.4 is 10.6 Å². The Morgan fingerprint density at radius 3 is 2.96 bits per heavy atom. The fourth-order valence-electron chi connectivity index (χ4n) is 3.25. The van der Waals surface area contributed by atoms with E-state index >= 15 is 0 Å². The molecule has 6 nitrogen and oxygen atoms in total. The minimum absolute atomic E-state index is 0. The summed E-state index contributed by atoms with van der Waals surface area (Å²) >= 11 is 0. The third-order valence-electron chi connectivity index (χ3n) is 4.67. The van der Waals surface area contributed by atoms with Crippen LogP contribution in [0.5, 0.6) is 0 Å². The predicted molar refractivity (Wildman–Crippen MR) is 121 cm³/mol. The van der Waals surface area contributed by atoms with Gasteiger partial charge in [-0.1, -0.05) is 18.2 Å². The van der Waals surface area contributed by atoms with Gasteiger partial charge in [0.1, 0.15) is 0 Å². The summed E-state index contributed by atoms with van der Waals surface area (Å²) < 4.78 is 11.2. The van der Waals surface area contributed by atoms with Gasteiger partial charge in [0.15, 0.2) is 5.96 Å². The Bertz CT molecular complexity index is 698. The van der Waals surface area contributed by atoms with Crippen LogP contribution >= 0.6 is 24.0 Å². The highest BCUT2D eigenvalue weighted by Gasteiger charge is 2.14. The molecule has 1 fully saturated rings. The first kappa shape index (κ1) is 22.0. The number of aromatic nitrogens is 1. The van der Waals surface area contributed by atoms with Gasteiger partial charge < -0.3 is 25.1 Å². The summed E-state index contributed by atoms with van der Waals surface area (Å²) in [6.45, 7) is 4.04. The zero-order valence-corrected chi connectivity index (χ0v) is 18.3. The van der Waals surface area contributed by atoms with Crippen LogP contribution in [-0.2, 0) is 15.9 Å². The van der Waals surface area contributed by atoms with Crippen molar-refractivity contribution in [3.8, 4) is 0 Å². The first-order chi connectivity index (χ1) is 12.9. The second-order valence-electron chi connectivity index (χ2n) is 6.60. The molecule has 1 aromatic heterocycles. The molecule has 0 bridgehead atoms. The molecule has 1 aliphatic heterocycles. The number of ether oxygens (including phenoxy) is 2. The number of para-hydroxylation sites is 1. The summed E-state index contributed by atoms with van der Waals surface area (Å²) in [4.78, 5) is 7.59. The van der Waals surface area contributed by atoms with Crippen molar-refractivity contribution in [2.24, 2.45) is 4.99 Å². The molecule has 1 aliphatic rings. The number of nitrogens with zero attached hydrogens (tertiary/aromatic N) is 1. The maximum Gasteiger partial charge on any atom is 0.190 e. The number of benzene rings is 1. The van der Waals surface area contributed by atoms with E-state index in [2.05, 4.69) is 51.1 Å². The largest absolute Gasteiger partial charge is 0.379 e. The van der Waals surface area contributed by atoms with Crippen LogP contribution in [0.4, 0.5) is 0 Å². The summed E-state index contributed by atoms with van der Waals surface area (Å²) in [5.74, 6) is 0.837. The Morgan fingerprint density at radius 2 is 2.15 bits per heavy atom. The lowest BCUT2D eigenvalue weighted by molar-refractivity contribution is 0.0168. The van der Waals surface area contributed by atoms with Crippen LogP contribution in [0, 0.1) is 0 Å². The van der Waals surface area contributed by atoms with Gasteiger partial charge in [0.25, 0.3) is 0 Å². The summed E-state index contributed by atoms with van der Waals surface area (Å²) in [5, 5.41) is 8.00. The molecule has 3 rings (SSSR count). The Balaban J connectivity index is 0.00000261. The first-order valence-corrected chi connectivity index (χ1v) is 9.55. The van der Waals surface area contributed by atoms with Crippen LogP contribution in [0.2, 0.25) is 0 Å².